The maximum atomic E-state index is 13.2. The standard InChI is InChI=1S/C32H43ClN2O4/c1-5-20(2)19-32(4)16-14-23(15-17-32)31-29(22-8-9-22)30(35-39-31)24(10-13-28(37)38)18-27(36)34-26-12-7-21(3)6-11-25(26)33/h7,12,20,22-25H,5,8-10,13-19H2,1-4H3,(H,34,36)(H,37,38). The molecule has 0 bridgehead atoms. The van der Waals surface area contributed by atoms with E-state index in [1.807, 2.05) is 13.0 Å². The molecule has 0 aromatic carbocycles. The van der Waals surface area contributed by atoms with Crippen LogP contribution >= 0.6 is 11.6 Å². The van der Waals surface area contributed by atoms with Crippen molar-refractivity contribution in [3.05, 3.63) is 40.4 Å². The summed E-state index contributed by atoms with van der Waals surface area (Å²) in [4.78, 5) is 24.7. The molecule has 1 aromatic heterocycles. The summed E-state index contributed by atoms with van der Waals surface area (Å²) >= 11 is 6.38. The van der Waals surface area contributed by atoms with Crippen LogP contribution in [-0.4, -0.2) is 27.5 Å². The van der Waals surface area contributed by atoms with E-state index < -0.39 is 11.3 Å². The zero-order chi connectivity index (χ0) is 28.2. The number of hydrogen-bond acceptors (Lipinski definition) is 4. The van der Waals surface area contributed by atoms with Crippen molar-refractivity contribution < 1.29 is 19.2 Å². The Morgan fingerprint density at radius 3 is 2.59 bits per heavy atom. The number of aliphatic carboxylic acids is 1. The largest absolute Gasteiger partial charge is 0.481 e. The van der Waals surface area contributed by atoms with Gasteiger partial charge in [0.05, 0.1) is 5.69 Å². The Morgan fingerprint density at radius 1 is 1.23 bits per heavy atom. The van der Waals surface area contributed by atoms with Gasteiger partial charge in [-0.2, -0.15) is 0 Å². The molecule has 3 aliphatic rings. The van der Waals surface area contributed by atoms with Gasteiger partial charge in [-0.15, -0.1) is 11.6 Å². The highest BCUT2D eigenvalue weighted by Crippen LogP contribution is 2.52. The van der Waals surface area contributed by atoms with Crippen molar-refractivity contribution in [1.82, 2.24) is 10.5 Å². The zero-order valence-electron chi connectivity index (χ0n) is 23.8. The molecule has 6 nitrogen and oxygen atoms in total. The van der Waals surface area contributed by atoms with Gasteiger partial charge in [-0.3, -0.25) is 9.59 Å². The minimum atomic E-state index is -0.881. The first-order valence-corrected chi connectivity index (χ1v) is 15.1. The van der Waals surface area contributed by atoms with Crippen molar-refractivity contribution in [3.8, 4) is 11.8 Å². The Kier molecular flexibility index (Phi) is 9.64. The van der Waals surface area contributed by atoms with Crippen molar-refractivity contribution in [1.29, 1.82) is 0 Å². The summed E-state index contributed by atoms with van der Waals surface area (Å²) in [5.41, 5.74) is 3.72. The number of nitrogens with one attached hydrogen (secondary N) is 1. The van der Waals surface area contributed by atoms with Crippen molar-refractivity contribution in [2.24, 2.45) is 11.3 Å². The van der Waals surface area contributed by atoms with Gasteiger partial charge in [0.25, 0.3) is 0 Å². The van der Waals surface area contributed by atoms with Gasteiger partial charge in [0, 0.05) is 35.9 Å². The number of carboxylic acids is 1. The molecule has 2 N–H and O–H groups in total. The van der Waals surface area contributed by atoms with E-state index >= 15 is 0 Å². The molecule has 1 heterocycles. The minimum Gasteiger partial charge on any atom is -0.481 e. The van der Waals surface area contributed by atoms with Crippen LogP contribution in [0.2, 0.25) is 0 Å². The number of allylic oxidation sites excluding steroid dienone is 4. The van der Waals surface area contributed by atoms with Crippen LogP contribution in [0.4, 0.5) is 0 Å². The molecule has 0 spiro atoms. The number of amides is 1. The molecule has 1 amide bonds. The molecule has 3 aliphatic carbocycles. The quantitative estimate of drug-likeness (QED) is 0.205. The smallest absolute Gasteiger partial charge is 0.303 e. The minimum absolute atomic E-state index is 0.0319. The first kappa shape index (κ1) is 29.5. The van der Waals surface area contributed by atoms with Crippen molar-refractivity contribution in [3.63, 3.8) is 0 Å². The van der Waals surface area contributed by atoms with Crippen LogP contribution in [0.3, 0.4) is 0 Å². The van der Waals surface area contributed by atoms with Crippen LogP contribution < -0.4 is 5.32 Å². The zero-order valence-corrected chi connectivity index (χ0v) is 24.6. The van der Waals surface area contributed by atoms with E-state index in [0.29, 0.717) is 29.4 Å². The molecule has 2 saturated carbocycles. The number of rotatable bonds is 12. The highest BCUT2D eigenvalue weighted by molar-refractivity contribution is 6.24. The molecular formula is C32H43ClN2O4. The molecule has 0 radical (unpaired) electrons. The van der Waals surface area contributed by atoms with Crippen LogP contribution in [0.5, 0.6) is 0 Å². The third kappa shape index (κ3) is 7.78. The van der Waals surface area contributed by atoms with Crippen LogP contribution in [0.15, 0.2) is 27.9 Å². The van der Waals surface area contributed by atoms with Gasteiger partial charge in [-0.25, -0.2) is 0 Å². The Morgan fingerprint density at radius 2 is 1.95 bits per heavy atom. The lowest BCUT2D eigenvalue weighted by Crippen LogP contribution is -2.28. The summed E-state index contributed by atoms with van der Waals surface area (Å²) in [6, 6.07) is 0. The average Bonchev–Trinajstić information content (AvgIpc) is 3.67. The van der Waals surface area contributed by atoms with Crippen molar-refractivity contribution >= 4 is 23.5 Å². The molecule has 0 aliphatic heterocycles. The van der Waals surface area contributed by atoms with E-state index in [9.17, 15) is 14.7 Å². The van der Waals surface area contributed by atoms with E-state index in [-0.39, 0.29) is 24.7 Å². The summed E-state index contributed by atoms with van der Waals surface area (Å²) in [6.45, 7) is 8.94. The van der Waals surface area contributed by atoms with E-state index in [1.54, 1.807) is 6.08 Å². The van der Waals surface area contributed by atoms with Gasteiger partial charge in [0.2, 0.25) is 5.91 Å². The summed E-state index contributed by atoms with van der Waals surface area (Å²) in [5.74, 6) is 6.90. The van der Waals surface area contributed by atoms with Gasteiger partial charge >= 0.3 is 5.97 Å². The van der Waals surface area contributed by atoms with E-state index in [4.69, 9.17) is 16.1 Å². The number of carboxylic acid groups (broad SMARTS) is 1. The predicted octanol–water partition coefficient (Wildman–Crippen LogP) is 7.56. The number of nitrogens with zero attached hydrogens (tertiary/aromatic N) is 1. The van der Waals surface area contributed by atoms with E-state index in [0.717, 1.165) is 54.2 Å². The van der Waals surface area contributed by atoms with Gasteiger partial charge < -0.3 is 14.9 Å². The maximum Gasteiger partial charge on any atom is 0.303 e. The first-order chi connectivity index (χ1) is 18.6. The molecule has 7 heteroatoms. The third-order valence-electron chi connectivity index (χ3n) is 8.86. The molecule has 0 saturated heterocycles. The van der Waals surface area contributed by atoms with Gasteiger partial charge in [0.15, 0.2) is 0 Å². The van der Waals surface area contributed by atoms with Crippen LogP contribution in [0.1, 0.15) is 133 Å². The van der Waals surface area contributed by atoms with Crippen molar-refractivity contribution in [2.45, 2.75) is 121 Å². The number of alkyl halides is 1. The number of halogens is 1. The van der Waals surface area contributed by atoms with Crippen molar-refractivity contribution in [2.75, 3.05) is 0 Å². The van der Waals surface area contributed by atoms with Crippen LogP contribution in [-0.2, 0) is 9.59 Å². The molecule has 212 valence electrons. The Balaban J connectivity index is 1.52. The summed E-state index contributed by atoms with van der Waals surface area (Å²) in [6.07, 6.45) is 13.2. The lowest BCUT2D eigenvalue weighted by Gasteiger charge is -2.38. The van der Waals surface area contributed by atoms with Gasteiger partial charge in [-0.1, -0.05) is 44.2 Å². The average molecular weight is 555 g/mol. The Hall–Kier alpha value is -2.52. The van der Waals surface area contributed by atoms with Gasteiger partial charge in [0.1, 0.15) is 11.1 Å². The number of aromatic nitrogens is 1. The summed E-state index contributed by atoms with van der Waals surface area (Å²) in [5, 5.41) is 16.3. The van der Waals surface area contributed by atoms with Gasteiger partial charge in [-0.05, 0) is 93.3 Å². The molecule has 4 rings (SSSR count). The molecule has 3 unspecified atom stereocenters. The second kappa shape index (κ2) is 12.8. The fourth-order valence-electron chi connectivity index (χ4n) is 6.23. The fraction of sp³-hybridized carbons (Fsp3) is 0.656. The molecule has 39 heavy (non-hydrogen) atoms. The van der Waals surface area contributed by atoms with E-state index in [1.165, 1.54) is 25.7 Å². The van der Waals surface area contributed by atoms with Crippen LogP contribution in [0, 0.1) is 23.2 Å². The molecule has 3 atom stereocenters. The molecule has 1 aromatic rings. The number of carbonyl (C=O) groups excluding carboxylic acids is 1. The summed E-state index contributed by atoms with van der Waals surface area (Å²) < 4.78 is 6.08. The van der Waals surface area contributed by atoms with E-state index in [2.05, 4.69) is 43.1 Å². The fourth-order valence-corrected chi connectivity index (χ4v) is 6.41. The highest BCUT2D eigenvalue weighted by Gasteiger charge is 2.40. The van der Waals surface area contributed by atoms with Crippen LogP contribution in [0.25, 0.3) is 0 Å². The summed E-state index contributed by atoms with van der Waals surface area (Å²) in [7, 11) is 0. The number of hydrogen-bond donors (Lipinski definition) is 2. The molecule has 2 fully saturated rings. The normalized spacial score (nSPS) is 26.4. The monoisotopic (exact) mass is 554 g/mol. The first-order valence-electron chi connectivity index (χ1n) is 14.6. The predicted molar refractivity (Wildman–Crippen MR) is 153 cm³/mol. The second-order valence-corrected chi connectivity index (χ2v) is 12.8. The maximum absolute atomic E-state index is 13.2. The lowest BCUT2D eigenvalue weighted by molar-refractivity contribution is -0.137. The topological polar surface area (TPSA) is 92.4 Å². The SMILES string of the molecule is CCC(C)CC1(C)CCC(c2onc(C(CCC(=O)O)CC(=O)NC3=CC=C(C)C#CC3Cl)c2C2CC2)CC1. The third-order valence-corrected chi connectivity index (χ3v) is 9.21. The second-order valence-electron chi connectivity index (χ2n) is 12.4. The Bertz CT molecular complexity index is 1170. The Labute approximate surface area is 238 Å². The lowest BCUT2D eigenvalue weighted by atomic mass is 9.66. The molecular weight excluding hydrogens is 512 g/mol. The number of carbonyl (C=O) groups is 2. The highest BCUT2D eigenvalue weighted by atomic mass is 35.5.